The number of aryl methyl sites for hydroxylation is 1. The number of amides is 1. The summed E-state index contributed by atoms with van der Waals surface area (Å²) >= 11 is 0. The lowest BCUT2D eigenvalue weighted by Gasteiger charge is -2.20. The second-order valence-corrected chi connectivity index (χ2v) is 8.54. The molecule has 0 atom stereocenters. The largest absolute Gasteiger partial charge is 0.382 e. The Balaban J connectivity index is 2.11. The minimum atomic E-state index is -3.56. The van der Waals surface area contributed by atoms with Crippen molar-refractivity contribution >= 4 is 15.9 Å². The van der Waals surface area contributed by atoms with Crippen LogP contribution in [0.5, 0.6) is 0 Å². The molecule has 2 rings (SSSR count). The number of hydrogen-bond donors (Lipinski definition) is 1. The van der Waals surface area contributed by atoms with Gasteiger partial charge in [-0.2, -0.15) is 4.31 Å². The summed E-state index contributed by atoms with van der Waals surface area (Å²) in [7, 11) is -3.56. The predicted molar refractivity (Wildman–Crippen MR) is 102 cm³/mol. The molecule has 0 spiro atoms. The van der Waals surface area contributed by atoms with Gasteiger partial charge in [0.25, 0.3) is 5.91 Å². The second-order valence-electron chi connectivity index (χ2n) is 6.60. The van der Waals surface area contributed by atoms with E-state index in [0.717, 1.165) is 37.7 Å². The first kappa shape index (κ1) is 20.9. The monoisotopic (exact) mass is 382 g/mol. The minimum Gasteiger partial charge on any atom is -0.382 e. The molecule has 0 unspecified atom stereocenters. The van der Waals surface area contributed by atoms with E-state index in [0.29, 0.717) is 38.4 Å². The first-order valence-electron chi connectivity index (χ1n) is 9.43. The predicted octanol–water partition coefficient (Wildman–Crippen LogP) is 2.72. The molecular weight excluding hydrogens is 352 g/mol. The summed E-state index contributed by atoms with van der Waals surface area (Å²) in [5.41, 5.74) is 1.18. The van der Waals surface area contributed by atoms with Crippen molar-refractivity contribution in [2.45, 2.75) is 50.8 Å². The van der Waals surface area contributed by atoms with Gasteiger partial charge >= 0.3 is 0 Å². The van der Waals surface area contributed by atoms with E-state index >= 15 is 0 Å². The van der Waals surface area contributed by atoms with E-state index in [-0.39, 0.29) is 10.8 Å². The Kier molecular flexibility index (Phi) is 8.06. The normalized spacial score (nSPS) is 16.2. The molecule has 146 valence electrons. The SMILES string of the molecule is CCOCCCNC(=O)c1cc(S(=O)(=O)N2CCCCCC2)ccc1C. The van der Waals surface area contributed by atoms with Crippen molar-refractivity contribution in [1.29, 1.82) is 0 Å². The summed E-state index contributed by atoms with van der Waals surface area (Å²) in [6, 6.07) is 4.81. The zero-order chi connectivity index (χ0) is 19.0. The van der Waals surface area contributed by atoms with Crippen LogP contribution in [0.4, 0.5) is 0 Å². The van der Waals surface area contributed by atoms with Crippen LogP contribution in [0.15, 0.2) is 23.1 Å². The number of ether oxygens (including phenoxy) is 1. The van der Waals surface area contributed by atoms with E-state index in [4.69, 9.17) is 4.74 Å². The summed E-state index contributed by atoms with van der Waals surface area (Å²) < 4.78 is 32.7. The van der Waals surface area contributed by atoms with E-state index in [1.807, 2.05) is 13.8 Å². The van der Waals surface area contributed by atoms with Gasteiger partial charge in [-0.25, -0.2) is 8.42 Å². The molecule has 0 saturated carbocycles. The fraction of sp³-hybridized carbons (Fsp3) is 0.632. The third kappa shape index (κ3) is 5.53. The first-order valence-corrected chi connectivity index (χ1v) is 10.9. The number of sulfonamides is 1. The van der Waals surface area contributed by atoms with Crippen molar-refractivity contribution in [1.82, 2.24) is 9.62 Å². The van der Waals surface area contributed by atoms with Crippen molar-refractivity contribution < 1.29 is 17.9 Å². The van der Waals surface area contributed by atoms with Crippen LogP contribution in [0.25, 0.3) is 0 Å². The van der Waals surface area contributed by atoms with Crippen LogP contribution < -0.4 is 5.32 Å². The van der Waals surface area contributed by atoms with Gasteiger partial charge in [0, 0.05) is 38.4 Å². The summed E-state index contributed by atoms with van der Waals surface area (Å²) in [5.74, 6) is -0.244. The molecule has 1 aliphatic heterocycles. The van der Waals surface area contributed by atoms with Gasteiger partial charge in [0.05, 0.1) is 4.90 Å². The summed E-state index contributed by atoms with van der Waals surface area (Å²) in [6.07, 6.45) is 4.63. The van der Waals surface area contributed by atoms with Crippen LogP contribution in [0.3, 0.4) is 0 Å². The standard InChI is InChI=1S/C19H30N2O4S/c1-3-25-14-8-11-20-19(22)18-15-17(10-9-16(18)2)26(23,24)21-12-6-4-5-7-13-21/h9-10,15H,3-8,11-14H2,1-2H3,(H,20,22). The molecule has 1 fully saturated rings. The van der Waals surface area contributed by atoms with Gasteiger partial charge in [0.15, 0.2) is 0 Å². The number of carbonyl (C=O) groups is 1. The maximum Gasteiger partial charge on any atom is 0.251 e. The molecule has 1 heterocycles. The lowest BCUT2D eigenvalue weighted by Crippen LogP contribution is -2.32. The summed E-state index contributed by atoms with van der Waals surface area (Å²) in [5, 5.41) is 2.84. The number of hydrogen-bond acceptors (Lipinski definition) is 4. The molecule has 7 heteroatoms. The van der Waals surface area contributed by atoms with Crippen LogP contribution in [-0.4, -0.2) is 51.5 Å². The number of nitrogens with one attached hydrogen (secondary N) is 1. The minimum absolute atomic E-state index is 0.199. The van der Waals surface area contributed by atoms with Gasteiger partial charge in [-0.15, -0.1) is 0 Å². The molecule has 26 heavy (non-hydrogen) atoms. The van der Waals surface area contributed by atoms with Gasteiger partial charge in [0.2, 0.25) is 10.0 Å². The average molecular weight is 383 g/mol. The van der Waals surface area contributed by atoms with Crippen LogP contribution in [0.2, 0.25) is 0 Å². The molecule has 1 amide bonds. The number of rotatable bonds is 8. The highest BCUT2D eigenvalue weighted by Crippen LogP contribution is 2.22. The Morgan fingerprint density at radius 2 is 1.88 bits per heavy atom. The lowest BCUT2D eigenvalue weighted by molar-refractivity contribution is 0.0943. The zero-order valence-corrected chi connectivity index (χ0v) is 16.6. The van der Waals surface area contributed by atoms with Gasteiger partial charge in [-0.3, -0.25) is 4.79 Å². The Morgan fingerprint density at radius 3 is 2.54 bits per heavy atom. The van der Waals surface area contributed by atoms with Crippen molar-refractivity contribution in [2.24, 2.45) is 0 Å². The highest BCUT2D eigenvalue weighted by molar-refractivity contribution is 7.89. The molecule has 1 aromatic rings. The highest BCUT2D eigenvalue weighted by Gasteiger charge is 2.26. The second kappa shape index (κ2) is 10.0. The molecule has 0 bridgehead atoms. The molecule has 6 nitrogen and oxygen atoms in total. The number of carbonyl (C=O) groups excluding carboxylic acids is 1. The third-order valence-electron chi connectivity index (χ3n) is 4.61. The van der Waals surface area contributed by atoms with E-state index in [2.05, 4.69) is 5.32 Å². The Bertz CT molecular complexity index is 695. The van der Waals surface area contributed by atoms with E-state index in [9.17, 15) is 13.2 Å². The highest BCUT2D eigenvalue weighted by atomic mass is 32.2. The topological polar surface area (TPSA) is 75.7 Å². The van der Waals surface area contributed by atoms with Crippen molar-refractivity contribution in [2.75, 3.05) is 32.8 Å². The maximum absolute atomic E-state index is 12.9. The van der Waals surface area contributed by atoms with Crippen LogP contribution in [-0.2, 0) is 14.8 Å². The number of benzene rings is 1. The first-order chi connectivity index (χ1) is 12.5. The molecule has 0 radical (unpaired) electrons. The summed E-state index contributed by atoms with van der Waals surface area (Å²) in [6.45, 7) is 6.60. The van der Waals surface area contributed by atoms with Crippen molar-refractivity contribution in [3.63, 3.8) is 0 Å². The molecule has 1 aliphatic rings. The van der Waals surface area contributed by atoms with Crippen LogP contribution >= 0.6 is 0 Å². The van der Waals surface area contributed by atoms with E-state index in [1.165, 1.54) is 6.07 Å². The van der Waals surface area contributed by atoms with Gasteiger partial charge in [0.1, 0.15) is 0 Å². The third-order valence-corrected chi connectivity index (χ3v) is 6.51. The maximum atomic E-state index is 12.9. The smallest absolute Gasteiger partial charge is 0.251 e. The molecule has 1 aromatic carbocycles. The van der Waals surface area contributed by atoms with Crippen LogP contribution in [0, 0.1) is 6.92 Å². The molecule has 1 saturated heterocycles. The Morgan fingerprint density at radius 1 is 1.19 bits per heavy atom. The van der Waals surface area contributed by atoms with Gasteiger partial charge in [-0.1, -0.05) is 18.9 Å². The molecule has 0 aliphatic carbocycles. The van der Waals surface area contributed by atoms with Gasteiger partial charge in [-0.05, 0) is 50.8 Å². The summed E-state index contributed by atoms with van der Waals surface area (Å²) in [4.78, 5) is 12.6. The molecule has 1 N–H and O–H groups in total. The quantitative estimate of drug-likeness (QED) is 0.702. The fourth-order valence-corrected chi connectivity index (χ4v) is 4.60. The van der Waals surface area contributed by atoms with Crippen molar-refractivity contribution in [3.05, 3.63) is 29.3 Å². The molecular formula is C19H30N2O4S. The zero-order valence-electron chi connectivity index (χ0n) is 15.8. The lowest BCUT2D eigenvalue weighted by atomic mass is 10.1. The average Bonchev–Trinajstić information content (AvgIpc) is 2.91. The van der Waals surface area contributed by atoms with Gasteiger partial charge < -0.3 is 10.1 Å². The molecule has 0 aromatic heterocycles. The Labute approximate surface area is 157 Å². The van der Waals surface area contributed by atoms with E-state index < -0.39 is 10.0 Å². The Hall–Kier alpha value is -1.44. The van der Waals surface area contributed by atoms with Crippen LogP contribution in [0.1, 0.15) is 54.9 Å². The van der Waals surface area contributed by atoms with E-state index in [1.54, 1.807) is 16.4 Å². The fourth-order valence-electron chi connectivity index (χ4n) is 3.05. The number of nitrogens with zero attached hydrogens (tertiary/aromatic N) is 1. The van der Waals surface area contributed by atoms with Crippen molar-refractivity contribution in [3.8, 4) is 0 Å².